The van der Waals surface area contributed by atoms with Crippen LogP contribution in [0.2, 0.25) is 0 Å². The number of likely N-dealkylation sites (N-methyl/N-ethyl adjacent to an activating group) is 1. The van der Waals surface area contributed by atoms with Crippen molar-refractivity contribution in [3.8, 4) is 0 Å². The van der Waals surface area contributed by atoms with Gasteiger partial charge in [-0.25, -0.2) is 4.79 Å². The minimum Gasteiger partial charge on any atom is -0.380 e. The number of fused-ring (bicyclic) bond motifs is 1. The van der Waals surface area contributed by atoms with Crippen molar-refractivity contribution in [2.75, 3.05) is 31.3 Å². The van der Waals surface area contributed by atoms with E-state index < -0.39 is 6.04 Å². The fraction of sp³-hybridized carbons (Fsp3) is 0.440. The minimum atomic E-state index is -0.607. The number of anilines is 2. The van der Waals surface area contributed by atoms with Gasteiger partial charge in [0.05, 0.1) is 6.10 Å². The molecule has 0 unspecified atom stereocenters. The molecular formula is C25H31BrN4O3. The molecule has 0 aromatic heterocycles. The standard InChI is InChI=1S/C25H31BrN4O3/c1-25(2)13-17-11-20(8-5-16(17)14-29(25)3)27-23(31)22-12-21(33-4)15-30(22)24(32)28-19-9-6-18(26)7-10-19/h5-11,21-22H,12-15H2,1-4H3,(H,27,31)(H,28,32)/t21-,22-/m1/s1. The third kappa shape index (κ3) is 5.23. The van der Waals surface area contributed by atoms with Gasteiger partial charge in [-0.1, -0.05) is 22.0 Å². The fourth-order valence-corrected chi connectivity index (χ4v) is 4.75. The van der Waals surface area contributed by atoms with Crippen molar-refractivity contribution in [2.24, 2.45) is 0 Å². The highest BCUT2D eigenvalue weighted by molar-refractivity contribution is 9.10. The van der Waals surface area contributed by atoms with Crippen LogP contribution in [0.4, 0.5) is 16.2 Å². The molecule has 2 aliphatic heterocycles. The average Bonchev–Trinajstić information content (AvgIpc) is 3.21. The van der Waals surface area contributed by atoms with Crippen LogP contribution >= 0.6 is 15.9 Å². The zero-order valence-electron chi connectivity index (χ0n) is 19.5. The second-order valence-corrected chi connectivity index (χ2v) is 10.4. The van der Waals surface area contributed by atoms with E-state index in [4.69, 9.17) is 4.74 Å². The number of carbonyl (C=O) groups is 2. The lowest BCUT2D eigenvalue weighted by molar-refractivity contribution is -0.119. The predicted octanol–water partition coefficient (Wildman–Crippen LogP) is 4.48. The van der Waals surface area contributed by atoms with Crippen LogP contribution in [0, 0.1) is 0 Å². The van der Waals surface area contributed by atoms with Crippen molar-refractivity contribution in [2.45, 2.75) is 50.9 Å². The number of benzene rings is 2. The first-order valence-corrected chi connectivity index (χ1v) is 12.0. The minimum absolute atomic E-state index is 0.0642. The summed E-state index contributed by atoms with van der Waals surface area (Å²) in [5, 5.41) is 5.92. The molecule has 4 rings (SSSR count). The molecule has 8 heteroatoms. The van der Waals surface area contributed by atoms with E-state index in [2.05, 4.69) is 64.5 Å². The van der Waals surface area contributed by atoms with E-state index >= 15 is 0 Å². The van der Waals surface area contributed by atoms with Gasteiger partial charge in [0.1, 0.15) is 6.04 Å². The van der Waals surface area contributed by atoms with Crippen molar-refractivity contribution in [3.63, 3.8) is 0 Å². The topological polar surface area (TPSA) is 73.9 Å². The first-order chi connectivity index (χ1) is 15.7. The molecule has 33 heavy (non-hydrogen) atoms. The van der Waals surface area contributed by atoms with Gasteiger partial charge in [-0.15, -0.1) is 0 Å². The van der Waals surface area contributed by atoms with Crippen LogP contribution < -0.4 is 10.6 Å². The van der Waals surface area contributed by atoms with E-state index in [9.17, 15) is 9.59 Å². The van der Waals surface area contributed by atoms with Gasteiger partial charge in [-0.05, 0) is 74.8 Å². The van der Waals surface area contributed by atoms with Crippen LogP contribution in [-0.4, -0.2) is 60.1 Å². The molecule has 3 amide bonds. The van der Waals surface area contributed by atoms with Gasteiger partial charge in [0, 0.05) is 48.0 Å². The zero-order chi connectivity index (χ0) is 23.8. The van der Waals surface area contributed by atoms with E-state index in [0.29, 0.717) is 18.7 Å². The number of hydrogen-bond acceptors (Lipinski definition) is 4. The molecular weight excluding hydrogens is 484 g/mol. The predicted molar refractivity (Wildman–Crippen MR) is 133 cm³/mol. The molecule has 0 radical (unpaired) electrons. The molecule has 7 nitrogen and oxygen atoms in total. The first-order valence-electron chi connectivity index (χ1n) is 11.2. The van der Waals surface area contributed by atoms with Crippen molar-refractivity contribution in [1.29, 1.82) is 0 Å². The van der Waals surface area contributed by atoms with Crippen LogP contribution in [0.25, 0.3) is 0 Å². The average molecular weight is 515 g/mol. The molecule has 2 heterocycles. The number of carbonyl (C=O) groups excluding carboxylic acids is 2. The van der Waals surface area contributed by atoms with Crippen LogP contribution in [0.3, 0.4) is 0 Å². The molecule has 0 spiro atoms. The van der Waals surface area contributed by atoms with Gasteiger partial charge >= 0.3 is 6.03 Å². The number of rotatable bonds is 4. The maximum atomic E-state index is 13.2. The molecule has 2 aliphatic rings. The Kier molecular flexibility index (Phi) is 6.79. The maximum Gasteiger partial charge on any atom is 0.322 e. The molecule has 0 aliphatic carbocycles. The summed E-state index contributed by atoms with van der Waals surface area (Å²) >= 11 is 3.39. The Morgan fingerprint density at radius 1 is 1.06 bits per heavy atom. The number of amides is 3. The van der Waals surface area contributed by atoms with Crippen LogP contribution in [0.1, 0.15) is 31.4 Å². The SMILES string of the molecule is CO[C@@H]1C[C@H](C(=O)Nc2ccc3c(c2)CC(C)(C)N(C)C3)N(C(=O)Nc2ccc(Br)cc2)C1. The molecule has 176 valence electrons. The Morgan fingerprint density at radius 3 is 2.45 bits per heavy atom. The number of halogens is 1. The summed E-state index contributed by atoms with van der Waals surface area (Å²) in [6.07, 6.45) is 1.19. The van der Waals surface area contributed by atoms with Crippen LogP contribution in [0.15, 0.2) is 46.9 Å². The lowest BCUT2D eigenvalue weighted by Gasteiger charge is -2.41. The van der Waals surface area contributed by atoms with Gasteiger partial charge in [-0.3, -0.25) is 9.69 Å². The first kappa shape index (κ1) is 23.7. The molecule has 0 bridgehead atoms. The number of ether oxygens (including phenoxy) is 1. The lowest BCUT2D eigenvalue weighted by atomic mass is 9.86. The highest BCUT2D eigenvalue weighted by atomic mass is 79.9. The fourth-order valence-electron chi connectivity index (χ4n) is 4.49. The molecule has 0 saturated carbocycles. The maximum absolute atomic E-state index is 13.2. The van der Waals surface area contributed by atoms with E-state index in [1.807, 2.05) is 30.3 Å². The second-order valence-electron chi connectivity index (χ2n) is 9.52. The quantitative estimate of drug-likeness (QED) is 0.630. The molecule has 2 N–H and O–H groups in total. The van der Waals surface area contributed by atoms with E-state index in [1.54, 1.807) is 12.0 Å². The Morgan fingerprint density at radius 2 is 1.76 bits per heavy atom. The monoisotopic (exact) mass is 514 g/mol. The summed E-state index contributed by atoms with van der Waals surface area (Å²) in [5.41, 5.74) is 4.03. The van der Waals surface area contributed by atoms with Crippen LogP contribution in [0.5, 0.6) is 0 Å². The van der Waals surface area contributed by atoms with Crippen molar-refractivity contribution in [1.82, 2.24) is 9.80 Å². The van der Waals surface area contributed by atoms with E-state index in [1.165, 1.54) is 11.1 Å². The van der Waals surface area contributed by atoms with Gasteiger partial charge in [0.2, 0.25) is 5.91 Å². The number of nitrogens with zero attached hydrogens (tertiary/aromatic N) is 2. The summed E-state index contributed by atoms with van der Waals surface area (Å²) < 4.78 is 6.41. The molecule has 2 aromatic rings. The van der Waals surface area contributed by atoms with Gasteiger partial charge in [-0.2, -0.15) is 0 Å². The third-order valence-electron chi connectivity index (χ3n) is 6.79. The normalized spacial score (nSPS) is 22.0. The Labute approximate surface area is 203 Å². The third-order valence-corrected chi connectivity index (χ3v) is 7.32. The molecule has 2 atom stereocenters. The Hall–Kier alpha value is -2.42. The molecule has 1 fully saturated rings. The van der Waals surface area contributed by atoms with E-state index in [0.717, 1.165) is 23.1 Å². The number of methoxy groups -OCH3 is 1. The van der Waals surface area contributed by atoms with Crippen molar-refractivity contribution >= 4 is 39.2 Å². The van der Waals surface area contributed by atoms with Gasteiger partial charge < -0.3 is 20.3 Å². The smallest absolute Gasteiger partial charge is 0.322 e. The van der Waals surface area contributed by atoms with Crippen molar-refractivity contribution < 1.29 is 14.3 Å². The highest BCUT2D eigenvalue weighted by Crippen LogP contribution is 2.31. The number of likely N-dealkylation sites (tertiary alicyclic amines) is 1. The molecule has 1 saturated heterocycles. The number of urea groups is 1. The second kappa shape index (κ2) is 9.44. The number of hydrogen-bond donors (Lipinski definition) is 2. The lowest BCUT2D eigenvalue weighted by Crippen LogP contribution is -2.46. The summed E-state index contributed by atoms with van der Waals surface area (Å²) in [5.74, 6) is -0.201. The number of nitrogens with one attached hydrogen (secondary N) is 2. The summed E-state index contributed by atoms with van der Waals surface area (Å²) in [4.78, 5) is 30.1. The van der Waals surface area contributed by atoms with Gasteiger partial charge in [0.15, 0.2) is 0 Å². The largest absolute Gasteiger partial charge is 0.380 e. The van der Waals surface area contributed by atoms with E-state index in [-0.39, 0.29) is 23.6 Å². The summed E-state index contributed by atoms with van der Waals surface area (Å²) in [6, 6.07) is 12.5. The summed E-state index contributed by atoms with van der Waals surface area (Å²) in [6.45, 7) is 5.71. The van der Waals surface area contributed by atoms with Crippen molar-refractivity contribution in [3.05, 3.63) is 58.1 Å². The highest BCUT2D eigenvalue weighted by Gasteiger charge is 2.40. The summed E-state index contributed by atoms with van der Waals surface area (Å²) in [7, 11) is 3.75. The Bertz CT molecular complexity index is 1040. The zero-order valence-corrected chi connectivity index (χ0v) is 21.1. The Balaban J connectivity index is 1.48. The molecule has 2 aromatic carbocycles. The van der Waals surface area contributed by atoms with Crippen LogP contribution in [-0.2, 0) is 22.5 Å². The van der Waals surface area contributed by atoms with Gasteiger partial charge in [0.25, 0.3) is 0 Å².